The number of aromatic nitrogens is 1. The van der Waals surface area contributed by atoms with Crippen molar-refractivity contribution in [3.05, 3.63) is 52.5 Å². The Bertz CT molecular complexity index is 1360. The molecule has 0 bridgehead atoms. The van der Waals surface area contributed by atoms with E-state index < -0.39 is 30.2 Å². The number of amides is 4. The lowest BCUT2D eigenvalue weighted by molar-refractivity contribution is -0.145. The van der Waals surface area contributed by atoms with E-state index in [0.717, 1.165) is 17.0 Å². The summed E-state index contributed by atoms with van der Waals surface area (Å²) in [7, 11) is 6.54. The first-order valence-electron chi connectivity index (χ1n) is 17.6. The van der Waals surface area contributed by atoms with Crippen LogP contribution >= 0.6 is 11.3 Å². The largest absolute Gasteiger partial charge is 0.379 e. The molecule has 278 valence electrons. The van der Waals surface area contributed by atoms with Crippen molar-refractivity contribution in [1.29, 1.82) is 0 Å². The van der Waals surface area contributed by atoms with Crippen LogP contribution in [-0.4, -0.2) is 110 Å². The van der Waals surface area contributed by atoms with Crippen LogP contribution in [0.1, 0.15) is 70.5 Å². The molecular formula is C37H58N6O6S. The molecule has 7 atom stereocenters. The summed E-state index contributed by atoms with van der Waals surface area (Å²) in [6.07, 6.45) is 2.76. The molecular weight excluding hydrogens is 657 g/mol. The Morgan fingerprint density at radius 2 is 1.72 bits per heavy atom. The number of carbonyl (C=O) groups excluding carboxylic acids is 4. The average Bonchev–Trinajstić information content (AvgIpc) is 3.81. The van der Waals surface area contributed by atoms with Gasteiger partial charge in [0.1, 0.15) is 5.01 Å². The van der Waals surface area contributed by atoms with Crippen molar-refractivity contribution >= 4 is 35.0 Å². The van der Waals surface area contributed by atoms with Gasteiger partial charge in [0.05, 0.1) is 55.3 Å². The highest BCUT2D eigenvalue weighted by atomic mass is 32.1. The van der Waals surface area contributed by atoms with Crippen LogP contribution in [0.25, 0.3) is 0 Å². The van der Waals surface area contributed by atoms with Crippen molar-refractivity contribution in [3.8, 4) is 0 Å². The lowest BCUT2D eigenvalue weighted by Gasteiger charge is -2.38. The van der Waals surface area contributed by atoms with Crippen molar-refractivity contribution in [1.82, 2.24) is 30.7 Å². The maximum absolute atomic E-state index is 14.0. The van der Waals surface area contributed by atoms with Gasteiger partial charge >= 0.3 is 0 Å². The second kappa shape index (κ2) is 19.9. The summed E-state index contributed by atoms with van der Waals surface area (Å²) in [5, 5.41) is 11.7. The third-order valence-corrected chi connectivity index (χ3v) is 10.7. The highest BCUT2D eigenvalue weighted by Gasteiger charge is 2.42. The normalized spacial score (nSPS) is 18.3. The number of hydrogen-bond acceptors (Lipinski definition) is 9. The molecule has 1 aromatic heterocycles. The lowest BCUT2D eigenvalue weighted by Crippen LogP contribution is -2.55. The predicted molar refractivity (Wildman–Crippen MR) is 195 cm³/mol. The molecule has 0 radical (unpaired) electrons. The monoisotopic (exact) mass is 714 g/mol. The van der Waals surface area contributed by atoms with E-state index in [1.165, 1.54) is 11.3 Å². The van der Waals surface area contributed by atoms with E-state index in [9.17, 15) is 19.2 Å². The molecule has 0 aliphatic carbocycles. The van der Waals surface area contributed by atoms with Gasteiger partial charge in [0.15, 0.2) is 0 Å². The van der Waals surface area contributed by atoms with Gasteiger partial charge in [0.25, 0.3) is 0 Å². The highest BCUT2D eigenvalue weighted by Crippen LogP contribution is 2.30. The van der Waals surface area contributed by atoms with Gasteiger partial charge in [-0.25, -0.2) is 4.98 Å². The molecule has 50 heavy (non-hydrogen) atoms. The van der Waals surface area contributed by atoms with Gasteiger partial charge in [-0.15, -0.1) is 11.3 Å². The van der Waals surface area contributed by atoms with E-state index in [-0.39, 0.29) is 60.5 Å². The molecule has 1 fully saturated rings. The van der Waals surface area contributed by atoms with E-state index in [0.29, 0.717) is 19.4 Å². The fraction of sp³-hybridized carbons (Fsp3) is 0.649. The van der Waals surface area contributed by atoms with Crippen molar-refractivity contribution in [2.45, 2.75) is 96.7 Å². The Balaban J connectivity index is 1.69. The molecule has 1 aliphatic heterocycles. The first-order valence-corrected chi connectivity index (χ1v) is 18.5. The van der Waals surface area contributed by atoms with Crippen LogP contribution in [0.2, 0.25) is 0 Å². The summed E-state index contributed by atoms with van der Waals surface area (Å²) in [5.41, 5.74) is 1.09. The van der Waals surface area contributed by atoms with Crippen LogP contribution in [0.3, 0.4) is 0 Å². The number of carbonyl (C=O) groups is 4. The molecule has 1 aliphatic rings. The Kier molecular flexibility index (Phi) is 16.3. The number of ether oxygens (including phenoxy) is 2. The van der Waals surface area contributed by atoms with Gasteiger partial charge in [0.2, 0.25) is 23.6 Å². The Morgan fingerprint density at radius 3 is 2.28 bits per heavy atom. The number of likely N-dealkylation sites (tertiary alicyclic amines) is 1. The van der Waals surface area contributed by atoms with Gasteiger partial charge < -0.3 is 35.2 Å². The van der Waals surface area contributed by atoms with E-state index >= 15 is 0 Å². The van der Waals surface area contributed by atoms with Crippen LogP contribution in [0.5, 0.6) is 0 Å². The van der Waals surface area contributed by atoms with Crippen LogP contribution in [0.4, 0.5) is 0 Å². The van der Waals surface area contributed by atoms with Crippen molar-refractivity contribution < 1.29 is 28.7 Å². The maximum atomic E-state index is 14.0. The number of rotatable bonds is 19. The Labute approximate surface area is 302 Å². The Morgan fingerprint density at radius 1 is 1.02 bits per heavy atom. The summed E-state index contributed by atoms with van der Waals surface area (Å²) >= 11 is 1.50. The van der Waals surface area contributed by atoms with Crippen molar-refractivity contribution in [3.63, 3.8) is 0 Å². The van der Waals surface area contributed by atoms with E-state index in [2.05, 4.69) is 20.9 Å². The fourth-order valence-corrected chi connectivity index (χ4v) is 7.83. The topological polar surface area (TPSA) is 142 Å². The summed E-state index contributed by atoms with van der Waals surface area (Å²) in [5.74, 6) is -1.32. The molecule has 4 amide bonds. The number of likely N-dealkylation sites (N-methyl/N-ethyl adjacent to an activating group) is 2. The van der Waals surface area contributed by atoms with E-state index in [1.807, 2.05) is 75.2 Å². The number of benzene rings is 1. The minimum atomic E-state index is -0.590. The SMILES string of the molecule is CNC(C(=O)NCC(=O)N(C)C(C(C)C)C(CC(=O)N1CCCC1C(OC)C(C)C(=O)NC(Cc1ccccc1)c1nccs1)OC)C(C)C. The van der Waals surface area contributed by atoms with Crippen LogP contribution < -0.4 is 16.0 Å². The molecule has 0 saturated carbocycles. The number of thiazole rings is 1. The molecule has 2 heterocycles. The van der Waals surface area contributed by atoms with E-state index in [4.69, 9.17) is 9.47 Å². The molecule has 1 aromatic carbocycles. The third kappa shape index (κ3) is 10.8. The molecule has 1 saturated heterocycles. The van der Waals surface area contributed by atoms with E-state index in [1.54, 1.807) is 39.4 Å². The zero-order valence-corrected chi connectivity index (χ0v) is 32.0. The fourth-order valence-electron chi connectivity index (χ4n) is 7.14. The molecule has 3 N–H and O–H groups in total. The number of nitrogens with one attached hydrogen (secondary N) is 3. The summed E-state index contributed by atoms with van der Waals surface area (Å²) in [4.78, 5) is 61.6. The average molecular weight is 715 g/mol. The first kappa shape index (κ1) is 41.0. The molecule has 12 nitrogen and oxygen atoms in total. The maximum Gasteiger partial charge on any atom is 0.242 e. The predicted octanol–water partition coefficient (Wildman–Crippen LogP) is 3.43. The second-order valence-corrected chi connectivity index (χ2v) is 14.8. The quantitative estimate of drug-likeness (QED) is 0.201. The minimum Gasteiger partial charge on any atom is -0.379 e. The Hall–Kier alpha value is -3.39. The summed E-state index contributed by atoms with van der Waals surface area (Å²) < 4.78 is 11.9. The molecule has 2 aromatic rings. The second-order valence-electron chi connectivity index (χ2n) is 13.9. The molecule has 13 heteroatoms. The summed E-state index contributed by atoms with van der Waals surface area (Å²) in [6, 6.07) is 8.56. The highest BCUT2D eigenvalue weighted by molar-refractivity contribution is 7.09. The van der Waals surface area contributed by atoms with Crippen LogP contribution in [-0.2, 0) is 35.1 Å². The standard InChI is InChI=1S/C37H58N6O6S/c1-23(2)32(38-6)36(47)40-22-31(45)42(7)33(24(3)4)29(48-8)21-30(44)43-18-13-16-28(43)34(49-9)25(5)35(46)41-27(37-39-17-19-50-37)20-26-14-11-10-12-15-26/h10-12,14-15,17,19,23-25,27-29,32-34,38H,13,16,18,20-22H2,1-9H3,(H,40,47)(H,41,46). The number of methoxy groups -OCH3 is 2. The van der Waals surface area contributed by atoms with Gasteiger partial charge in [-0.1, -0.05) is 65.0 Å². The first-order chi connectivity index (χ1) is 23.8. The molecule has 0 spiro atoms. The van der Waals surface area contributed by atoms with Gasteiger partial charge in [-0.3, -0.25) is 19.2 Å². The van der Waals surface area contributed by atoms with Crippen molar-refractivity contribution in [2.24, 2.45) is 17.8 Å². The number of hydrogen-bond donors (Lipinski definition) is 3. The third-order valence-electron chi connectivity index (χ3n) is 9.78. The molecule has 3 rings (SSSR count). The smallest absolute Gasteiger partial charge is 0.242 e. The van der Waals surface area contributed by atoms with Gasteiger partial charge in [-0.2, -0.15) is 0 Å². The van der Waals surface area contributed by atoms with Crippen molar-refractivity contribution in [2.75, 3.05) is 41.4 Å². The van der Waals surface area contributed by atoms with Crippen LogP contribution in [0, 0.1) is 17.8 Å². The number of nitrogens with zero attached hydrogens (tertiary/aromatic N) is 3. The zero-order chi connectivity index (χ0) is 37.0. The summed E-state index contributed by atoms with van der Waals surface area (Å²) in [6.45, 7) is 10.1. The minimum absolute atomic E-state index is 0.0374. The molecule has 7 unspecified atom stereocenters. The lowest BCUT2D eigenvalue weighted by atomic mass is 9.92. The van der Waals surface area contributed by atoms with Gasteiger partial charge in [-0.05, 0) is 43.7 Å². The van der Waals surface area contributed by atoms with Crippen LogP contribution in [0.15, 0.2) is 41.9 Å². The van der Waals surface area contributed by atoms with Gasteiger partial charge in [0, 0.05) is 39.4 Å². The zero-order valence-electron chi connectivity index (χ0n) is 31.2.